The molecule has 0 spiro atoms. The normalized spacial score (nSPS) is 19.0. The smallest absolute Gasteiger partial charge is 0.410 e. The van der Waals surface area contributed by atoms with Gasteiger partial charge in [0.25, 0.3) is 0 Å². The molecule has 1 aromatic heterocycles. The lowest BCUT2D eigenvalue weighted by atomic mass is 9.93. The van der Waals surface area contributed by atoms with Crippen LogP contribution in [0.1, 0.15) is 44.7 Å². The van der Waals surface area contributed by atoms with Crippen LogP contribution in [0.2, 0.25) is 0 Å². The third kappa shape index (κ3) is 3.22. The van der Waals surface area contributed by atoms with Crippen LogP contribution in [0.5, 0.6) is 0 Å². The zero-order chi connectivity index (χ0) is 14.2. The van der Waals surface area contributed by atoms with Crippen molar-refractivity contribution in [3.63, 3.8) is 0 Å². The summed E-state index contributed by atoms with van der Waals surface area (Å²) in [6.45, 7) is 8.43. The van der Waals surface area contributed by atoms with Gasteiger partial charge in [-0.05, 0) is 43.9 Å². The van der Waals surface area contributed by atoms with E-state index in [4.69, 9.17) is 4.74 Å². The summed E-state index contributed by atoms with van der Waals surface area (Å²) in [5.74, 6) is -0.398. The van der Waals surface area contributed by atoms with Crippen LogP contribution in [0.4, 0.5) is 9.18 Å². The van der Waals surface area contributed by atoms with Gasteiger partial charge in [0.1, 0.15) is 5.60 Å². The van der Waals surface area contributed by atoms with Gasteiger partial charge in [0.15, 0.2) is 0 Å². The fraction of sp³-hybridized carbons (Fsp3) is 0.571. The molecule has 1 unspecified atom stereocenters. The van der Waals surface area contributed by atoms with E-state index in [0.29, 0.717) is 13.1 Å². The van der Waals surface area contributed by atoms with Crippen molar-refractivity contribution >= 4 is 6.09 Å². The maximum absolute atomic E-state index is 13.1. The molecule has 4 nitrogen and oxygen atoms in total. The first-order valence-electron chi connectivity index (χ1n) is 6.38. The number of pyridine rings is 1. The molecule has 5 heteroatoms. The lowest BCUT2D eigenvalue weighted by Crippen LogP contribution is -2.41. The highest BCUT2D eigenvalue weighted by Gasteiger charge is 2.29. The Morgan fingerprint density at radius 3 is 2.84 bits per heavy atom. The Labute approximate surface area is 112 Å². The molecule has 2 heterocycles. The molecule has 19 heavy (non-hydrogen) atoms. The van der Waals surface area contributed by atoms with Crippen molar-refractivity contribution in [2.45, 2.75) is 45.8 Å². The number of hydrogen-bond acceptors (Lipinski definition) is 3. The van der Waals surface area contributed by atoms with Crippen molar-refractivity contribution in [1.82, 2.24) is 9.88 Å². The van der Waals surface area contributed by atoms with E-state index < -0.39 is 11.5 Å². The van der Waals surface area contributed by atoms with Crippen molar-refractivity contribution in [2.24, 2.45) is 0 Å². The zero-order valence-corrected chi connectivity index (χ0v) is 11.7. The molecule has 0 saturated heterocycles. The van der Waals surface area contributed by atoms with Crippen LogP contribution in [0.25, 0.3) is 0 Å². The summed E-state index contributed by atoms with van der Waals surface area (Å²) in [5.41, 5.74) is 1.29. The average molecular weight is 266 g/mol. The van der Waals surface area contributed by atoms with Gasteiger partial charge in [-0.2, -0.15) is 4.39 Å². The highest BCUT2D eigenvalue weighted by atomic mass is 19.1. The minimum absolute atomic E-state index is 0.0776. The van der Waals surface area contributed by atoms with Crippen LogP contribution in [0, 0.1) is 5.95 Å². The first-order valence-corrected chi connectivity index (χ1v) is 6.38. The largest absolute Gasteiger partial charge is 0.444 e. The number of aromatic nitrogens is 1. The van der Waals surface area contributed by atoms with Crippen molar-refractivity contribution in [1.29, 1.82) is 0 Å². The van der Waals surface area contributed by atoms with Crippen LogP contribution < -0.4 is 0 Å². The maximum atomic E-state index is 13.1. The van der Waals surface area contributed by atoms with Crippen LogP contribution in [0.15, 0.2) is 12.3 Å². The van der Waals surface area contributed by atoms with Crippen molar-refractivity contribution in [3.05, 3.63) is 29.3 Å². The summed E-state index contributed by atoms with van der Waals surface area (Å²) in [6, 6.07) is 1.45. The minimum Gasteiger partial charge on any atom is -0.444 e. The molecule has 0 bridgehead atoms. The van der Waals surface area contributed by atoms with E-state index in [1.807, 2.05) is 27.7 Å². The quantitative estimate of drug-likeness (QED) is 0.678. The highest BCUT2D eigenvalue weighted by molar-refractivity contribution is 5.68. The summed E-state index contributed by atoms with van der Waals surface area (Å²) in [6.07, 6.45) is 1.16. The molecule has 0 saturated carbocycles. The standard InChI is InChI=1S/C14H19FN2O2/c1-9-7-17(13(18)19-14(2,3)4)8-10-6-16-12(15)5-11(9)10/h5-6,9H,7-8H2,1-4H3. The molecular formula is C14H19FN2O2. The van der Waals surface area contributed by atoms with Gasteiger partial charge in [-0.25, -0.2) is 9.78 Å². The Morgan fingerprint density at radius 1 is 1.53 bits per heavy atom. The summed E-state index contributed by atoms with van der Waals surface area (Å²) in [7, 11) is 0. The third-order valence-corrected chi connectivity index (χ3v) is 3.03. The molecule has 1 aliphatic heterocycles. The van der Waals surface area contributed by atoms with Gasteiger partial charge in [-0.3, -0.25) is 0 Å². The highest BCUT2D eigenvalue weighted by Crippen LogP contribution is 2.28. The lowest BCUT2D eigenvalue weighted by molar-refractivity contribution is 0.0208. The van der Waals surface area contributed by atoms with Crippen molar-refractivity contribution in [2.75, 3.05) is 6.54 Å². The summed E-state index contributed by atoms with van der Waals surface area (Å²) in [4.78, 5) is 17.3. The minimum atomic E-state index is -0.512. The zero-order valence-electron chi connectivity index (χ0n) is 11.7. The number of ether oxygens (including phenoxy) is 1. The second-order valence-electron chi connectivity index (χ2n) is 5.97. The molecule has 0 fully saturated rings. The van der Waals surface area contributed by atoms with E-state index in [9.17, 15) is 9.18 Å². The predicted octanol–water partition coefficient (Wildman–Crippen LogP) is 3.07. The summed E-state index contributed by atoms with van der Waals surface area (Å²) in [5, 5.41) is 0. The van der Waals surface area contributed by atoms with E-state index in [0.717, 1.165) is 11.1 Å². The number of halogens is 1. The monoisotopic (exact) mass is 266 g/mol. The Balaban J connectivity index is 2.17. The lowest BCUT2D eigenvalue weighted by Gasteiger charge is -2.34. The van der Waals surface area contributed by atoms with E-state index in [2.05, 4.69) is 4.98 Å². The van der Waals surface area contributed by atoms with Crippen LogP contribution >= 0.6 is 0 Å². The predicted molar refractivity (Wildman–Crippen MR) is 69.3 cm³/mol. The van der Waals surface area contributed by atoms with Crippen molar-refractivity contribution in [3.8, 4) is 0 Å². The number of carbonyl (C=O) groups excluding carboxylic acids is 1. The number of amides is 1. The first-order chi connectivity index (χ1) is 8.76. The molecule has 0 radical (unpaired) electrons. The Bertz CT molecular complexity index is 497. The van der Waals surface area contributed by atoms with Gasteiger partial charge in [-0.1, -0.05) is 6.92 Å². The molecule has 104 valence electrons. The van der Waals surface area contributed by atoms with Gasteiger partial charge in [0.2, 0.25) is 5.95 Å². The van der Waals surface area contributed by atoms with Crippen molar-refractivity contribution < 1.29 is 13.9 Å². The Morgan fingerprint density at radius 2 is 2.21 bits per heavy atom. The summed E-state index contributed by atoms with van der Waals surface area (Å²) >= 11 is 0. The SMILES string of the molecule is CC1CN(C(=O)OC(C)(C)C)Cc2cnc(F)cc21. The molecule has 0 aromatic carbocycles. The second-order valence-corrected chi connectivity index (χ2v) is 5.97. The molecular weight excluding hydrogens is 247 g/mol. The number of hydrogen-bond donors (Lipinski definition) is 0. The Hall–Kier alpha value is -1.65. The molecule has 0 N–H and O–H groups in total. The molecule has 0 aliphatic carbocycles. The third-order valence-electron chi connectivity index (χ3n) is 3.03. The van der Waals surface area contributed by atoms with Crippen LogP contribution in [-0.2, 0) is 11.3 Å². The number of nitrogens with zero attached hydrogens (tertiary/aromatic N) is 2. The van der Waals surface area contributed by atoms with Gasteiger partial charge in [0.05, 0.1) is 6.54 Å². The topological polar surface area (TPSA) is 42.4 Å². The van der Waals surface area contributed by atoms with Gasteiger partial charge >= 0.3 is 6.09 Å². The number of fused-ring (bicyclic) bond motifs is 1. The second kappa shape index (κ2) is 4.79. The molecule has 1 aliphatic rings. The first kappa shape index (κ1) is 13.8. The van der Waals surface area contributed by atoms with Gasteiger partial charge in [0, 0.05) is 12.7 Å². The van der Waals surface area contributed by atoms with E-state index in [-0.39, 0.29) is 12.0 Å². The number of rotatable bonds is 0. The van der Waals surface area contributed by atoms with Gasteiger partial charge in [-0.15, -0.1) is 0 Å². The summed E-state index contributed by atoms with van der Waals surface area (Å²) < 4.78 is 18.5. The van der Waals surface area contributed by atoms with Crippen LogP contribution in [0.3, 0.4) is 0 Å². The van der Waals surface area contributed by atoms with E-state index in [1.165, 1.54) is 12.3 Å². The fourth-order valence-electron chi connectivity index (χ4n) is 2.23. The molecule has 2 rings (SSSR count). The van der Waals surface area contributed by atoms with Crippen LogP contribution in [-0.4, -0.2) is 28.1 Å². The molecule has 1 amide bonds. The van der Waals surface area contributed by atoms with Gasteiger partial charge < -0.3 is 9.64 Å². The Kier molecular flexibility index (Phi) is 3.47. The number of carbonyl (C=O) groups is 1. The molecule has 1 atom stereocenters. The van der Waals surface area contributed by atoms with E-state index >= 15 is 0 Å². The molecule has 1 aromatic rings. The fourth-order valence-corrected chi connectivity index (χ4v) is 2.23. The average Bonchev–Trinajstić information content (AvgIpc) is 2.27. The maximum Gasteiger partial charge on any atom is 0.410 e. The van der Waals surface area contributed by atoms with E-state index in [1.54, 1.807) is 4.90 Å².